The maximum atomic E-state index is 12.5. The molecule has 0 aliphatic carbocycles. The molecule has 4 rings (SSSR count). The van der Waals surface area contributed by atoms with Crippen molar-refractivity contribution in [1.82, 2.24) is 20.1 Å². The standard InChI is InChI=1S/C20H20N6O2/c27-19-14-25(11-9-21-19)18-7-6-17(12-22-18)24-20(28)16-4-2-15(3-5-16)13-26-10-1-8-23-26/h1-8,10,12H,9,11,13-14H2,(H,21,27)(H,24,28). The van der Waals surface area contributed by atoms with E-state index in [4.69, 9.17) is 0 Å². The molecule has 0 atom stereocenters. The second-order valence-electron chi connectivity index (χ2n) is 6.53. The maximum Gasteiger partial charge on any atom is 0.255 e. The molecule has 8 nitrogen and oxygen atoms in total. The topological polar surface area (TPSA) is 92.2 Å². The van der Waals surface area contributed by atoms with E-state index in [0.29, 0.717) is 30.9 Å². The minimum atomic E-state index is -0.197. The summed E-state index contributed by atoms with van der Waals surface area (Å²) < 4.78 is 1.83. The lowest BCUT2D eigenvalue weighted by Crippen LogP contribution is -2.48. The summed E-state index contributed by atoms with van der Waals surface area (Å²) in [6.07, 6.45) is 5.24. The lowest BCUT2D eigenvalue weighted by Gasteiger charge is -2.27. The minimum Gasteiger partial charge on any atom is -0.353 e. The van der Waals surface area contributed by atoms with Crippen molar-refractivity contribution in [2.75, 3.05) is 29.9 Å². The highest BCUT2D eigenvalue weighted by molar-refractivity contribution is 6.04. The van der Waals surface area contributed by atoms with Gasteiger partial charge in [0.2, 0.25) is 5.91 Å². The molecule has 3 heterocycles. The molecule has 1 aliphatic rings. The number of rotatable bonds is 5. The normalized spacial score (nSPS) is 13.9. The molecule has 1 saturated heterocycles. The van der Waals surface area contributed by atoms with Crippen LogP contribution in [-0.4, -0.2) is 46.2 Å². The summed E-state index contributed by atoms with van der Waals surface area (Å²) in [5.74, 6) is 0.509. The minimum absolute atomic E-state index is 0.0126. The number of benzene rings is 1. The summed E-state index contributed by atoms with van der Waals surface area (Å²) in [7, 11) is 0. The molecular formula is C20H20N6O2. The van der Waals surface area contributed by atoms with Gasteiger partial charge in [-0.05, 0) is 35.9 Å². The van der Waals surface area contributed by atoms with E-state index in [9.17, 15) is 9.59 Å². The monoisotopic (exact) mass is 376 g/mol. The van der Waals surface area contributed by atoms with Gasteiger partial charge in [-0.1, -0.05) is 12.1 Å². The smallest absolute Gasteiger partial charge is 0.255 e. The largest absolute Gasteiger partial charge is 0.353 e. The van der Waals surface area contributed by atoms with Gasteiger partial charge >= 0.3 is 0 Å². The molecular weight excluding hydrogens is 356 g/mol. The zero-order valence-corrected chi connectivity index (χ0v) is 15.2. The van der Waals surface area contributed by atoms with E-state index in [1.165, 1.54) is 0 Å². The molecule has 1 fully saturated rings. The van der Waals surface area contributed by atoms with Gasteiger partial charge in [0.25, 0.3) is 5.91 Å². The van der Waals surface area contributed by atoms with Crippen LogP contribution in [0.1, 0.15) is 15.9 Å². The lowest BCUT2D eigenvalue weighted by molar-refractivity contribution is -0.120. The molecule has 142 valence electrons. The van der Waals surface area contributed by atoms with Crippen molar-refractivity contribution in [2.45, 2.75) is 6.54 Å². The van der Waals surface area contributed by atoms with Crippen LogP contribution in [0.3, 0.4) is 0 Å². The summed E-state index contributed by atoms with van der Waals surface area (Å²) in [6.45, 7) is 2.28. The molecule has 1 aromatic carbocycles. The Labute approximate surface area is 162 Å². The van der Waals surface area contributed by atoms with Gasteiger partial charge in [-0.25, -0.2) is 4.98 Å². The average molecular weight is 376 g/mol. The van der Waals surface area contributed by atoms with Crippen molar-refractivity contribution >= 4 is 23.3 Å². The van der Waals surface area contributed by atoms with Gasteiger partial charge in [0.1, 0.15) is 5.82 Å². The van der Waals surface area contributed by atoms with Crippen LogP contribution in [0, 0.1) is 0 Å². The van der Waals surface area contributed by atoms with E-state index in [2.05, 4.69) is 20.7 Å². The van der Waals surface area contributed by atoms with Gasteiger partial charge in [0.15, 0.2) is 0 Å². The number of hydrogen-bond acceptors (Lipinski definition) is 5. The van der Waals surface area contributed by atoms with Crippen LogP contribution < -0.4 is 15.5 Å². The Morgan fingerprint density at radius 1 is 1.18 bits per heavy atom. The van der Waals surface area contributed by atoms with Gasteiger partial charge in [0.05, 0.1) is 25.0 Å². The van der Waals surface area contributed by atoms with Crippen molar-refractivity contribution in [2.24, 2.45) is 0 Å². The summed E-state index contributed by atoms with van der Waals surface area (Å²) in [4.78, 5) is 30.2. The number of hydrogen-bond donors (Lipinski definition) is 2. The van der Waals surface area contributed by atoms with Crippen molar-refractivity contribution in [3.05, 3.63) is 72.2 Å². The zero-order chi connectivity index (χ0) is 19.3. The molecule has 3 aromatic rings. The first-order valence-corrected chi connectivity index (χ1v) is 9.03. The highest BCUT2D eigenvalue weighted by atomic mass is 16.2. The summed E-state index contributed by atoms with van der Waals surface area (Å²) in [5, 5.41) is 9.80. The second-order valence-corrected chi connectivity index (χ2v) is 6.53. The third kappa shape index (κ3) is 4.17. The van der Waals surface area contributed by atoms with Crippen molar-refractivity contribution in [1.29, 1.82) is 0 Å². The molecule has 8 heteroatoms. The molecule has 0 radical (unpaired) electrons. The predicted octanol–water partition coefficient (Wildman–Crippen LogP) is 1.51. The Hall–Kier alpha value is -3.68. The number of nitrogens with one attached hydrogen (secondary N) is 2. The SMILES string of the molecule is O=C1CN(c2ccc(NC(=O)c3ccc(Cn4cccn4)cc3)cn2)CCN1. The van der Waals surface area contributed by atoms with Gasteiger partial charge < -0.3 is 15.5 Å². The first-order chi connectivity index (χ1) is 13.7. The Morgan fingerprint density at radius 2 is 2.04 bits per heavy atom. The molecule has 28 heavy (non-hydrogen) atoms. The number of carbonyl (C=O) groups is 2. The second kappa shape index (κ2) is 7.91. The van der Waals surface area contributed by atoms with Crippen molar-refractivity contribution in [3.63, 3.8) is 0 Å². The van der Waals surface area contributed by atoms with Crippen LogP contribution >= 0.6 is 0 Å². The first kappa shape index (κ1) is 17.7. The lowest BCUT2D eigenvalue weighted by atomic mass is 10.1. The number of piperazine rings is 1. The molecule has 0 bridgehead atoms. The molecule has 0 spiro atoms. The fourth-order valence-corrected chi connectivity index (χ4v) is 3.03. The fourth-order valence-electron chi connectivity index (χ4n) is 3.03. The quantitative estimate of drug-likeness (QED) is 0.704. The fraction of sp³-hybridized carbons (Fsp3) is 0.200. The molecule has 2 aromatic heterocycles. The van der Waals surface area contributed by atoms with E-state index in [1.807, 2.05) is 34.0 Å². The van der Waals surface area contributed by atoms with Crippen LogP contribution in [0.15, 0.2) is 61.1 Å². The molecule has 0 unspecified atom stereocenters. The number of nitrogens with zero attached hydrogens (tertiary/aromatic N) is 4. The maximum absolute atomic E-state index is 12.5. The third-order valence-corrected chi connectivity index (χ3v) is 4.49. The molecule has 1 aliphatic heterocycles. The average Bonchev–Trinajstić information content (AvgIpc) is 3.22. The van der Waals surface area contributed by atoms with Crippen LogP contribution in [-0.2, 0) is 11.3 Å². The van der Waals surface area contributed by atoms with Crippen LogP contribution in [0.25, 0.3) is 0 Å². The highest BCUT2D eigenvalue weighted by Crippen LogP contribution is 2.16. The summed E-state index contributed by atoms with van der Waals surface area (Å²) >= 11 is 0. The van der Waals surface area contributed by atoms with E-state index in [0.717, 1.165) is 17.9 Å². The van der Waals surface area contributed by atoms with E-state index >= 15 is 0 Å². The Kier molecular flexibility index (Phi) is 5.01. The van der Waals surface area contributed by atoms with Gasteiger partial charge in [-0.15, -0.1) is 0 Å². The summed E-state index contributed by atoms with van der Waals surface area (Å²) in [5.41, 5.74) is 2.24. The van der Waals surface area contributed by atoms with Gasteiger partial charge in [-0.3, -0.25) is 14.3 Å². The van der Waals surface area contributed by atoms with Crippen molar-refractivity contribution < 1.29 is 9.59 Å². The van der Waals surface area contributed by atoms with Crippen LogP contribution in [0.2, 0.25) is 0 Å². The third-order valence-electron chi connectivity index (χ3n) is 4.49. The molecule has 2 amide bonds. The molecule has 0 saturated carbocycles. The van der Waals surface area contributed by atoms with Gasteiger partial charge in [0, 0.05) is 31.0 Å². The number of amides is 2. The van der Waals surface area contributed by atoms with E-state index in [-0.39, 0.29) is 11.8 Å². The number of pyridine rings is 1. The predicted molar refractivity (Wildman–Crippen MR) is 105 cm³/mol. The summed E-state index contributed by atoms with van der Waals surface area (Å²) in [6, 6.07) is 12.9. The number of anilines is 2. The van der Waals surface area contributed by atoms with Crippen LogP contribution in [0.5, 0.6) is 0 Å². The zero-order valence-electron chi connectivity index (χ0n) is 15.2. The number of aromatic nitrogens is 3. The Bertz CT molecular complexity index is 951. The Morgan fingerprint density at radius 3 is 2.71 bits per heavy atom. The van der Waals surface area contributed by atoms with E-state index in [1.54, 1.807) is 36.7 Å². The highest BCUT2D eigenvalue weighted by Gasteiger charge is 2.17. The van der Waals surface area contributed by atoms with E-state index < -0.39 is 0 Å². The first-order valence-electron chi connectivity index (χ1n) is 9.03. The van der Waals surface area contributed by atoms with Crippen LogP contribution in [0.4, 0.5) is 11.5 Å². The van der Waals surface area contributed by atoms with Gasteiger partial charge in [-0.2, -0.15) is 5.10 Å². The van der Waals surface area contributed by atoms with Crippen molar-refractivity contribution in [3.8, 4) is 0 Å². The number of carbonyl (C=O) groups excluding carboxylic acids is 2. The Balaban J connectivity index is 1.37. The molecule has 2 N–H and O–H groups in total.